The molecule has 0 aliphatic carbocycles. The summed E-state index contributed by atoms with van der Waals surface area (Å²) in [6.07, 6.45) is 2.31. The van der Waals surface area contributed by atoms with Crippen molar-refractivity contribution in [2.45, 2.75) is 61.0 Å². The molecule has 0 amide bonds. The first kappa shape index (κ1) is 24.8. The molecule has 0 atom stereocenters. The largest absolute Gasteiger partial charge is 0.507 e. The third kappa shape index (κ3) is 6.15. The molecular formula is C21H36NO5P. The number of phenols is 1. The van der Waals surface area contributed by atoms with Gasteiger partial charge in [0, 0.05) is 18.3 Å². The molecule has 0 fully saturated rings. The van der Waals surface area contributed by atoms with Crippen molar-refractivity contribution in [1.82, 2.24) is 5.32 Å². The number of hydrogen-bond donors (Lipinski definition) is 2. The van der Waals surface area contributed by atoms with Crippen molar-refractivity contribution in [1.29, 1.82) is 0 Å². The zero-order valence-electron chi connectivity index (χ0n) is 18.2. The minimum Gasteiger partial charge on any atom is -0.507 e. The van der Waals surface area contributed by atoms with Crippen LogP contribution in [0.5, 0.6) is 5.75 Å². The molecule has 160 valence electrons. The Labute approximate surface area is 170 Å². The number of rotatable bonds is 11. The first-order chi connectivity index (χ1) is 13.5. The fourth-order valence-corrected chi connectivity index (χ4v) is 4.60. The lowest BCUT2D eigenvalue weighted by Gasteiger charge is -2.18. The number of benzene rings is 1. The Kier molecular flexibility index (Phi) is 11.6. The lowest BCUT2D eigenvalue weighted by molar-refractivity contribution is 0.0533. The molecule has 0 unspecified atom stereocenters. The monoisotopic (exact) mass is 413 g/mol. The van der Waals surface area contributed by atoms with Gasteiger partial charge in [0.15, 0.2) is 8.38 Å². The molecule has 1 heterocycles. The number of carbonyl (C=O) groups is 1. The van der Waals surface area contributed by atoms with Crippen LogP contribution in [0.3, 0.4) is 0 Å². The number of hydrogen-bond acceptors (Lipinski definition) is 6. The third-order valence-electron chi connectivity index (χ3n) is 4.57. The summed E-state index contributed by atoms with van der Waals surface area (Å²) in [5.41, 5.74) is 4.22. The van der Waals surface area contributed by atoms with Crippen molar-refractivity contribution >= 4 is 14.3 Å². The van der Waals surface area contributed by atoms with E-state index in [4.69, 9.17) is 13.8 Å². The van der Waals surface area contributed by atoms with Gasteiger partial charge in [-0.3, -0.25) is 0 Å². The average Bonchev–Trinajstić information content (AvgIpc) is 3.09. The Balaban J connectivity index is 0.00000190. The summed E-state index contributed by atoms with van der Waals surface area (Å²) in [6, 6.07) is 0. The predicted molar refractivity (Wildman–Crippen MR) is 114 cm³/mol. The number of nitrogens with one attached hydrogen (secondary N) is 1. The smallest absolute Gasteiger partial charge is 0.342 e. The van der Waals surface area contributed by atoms with Gasteiger partial charge in [-0.2, -0.15) is 0 Å². The van der Waals surface area contributed by atoms with Crippen molar-refractivity contribution in [2.75, 3.05) is 32.5 Å². The summed E-state index contributed by atoms with van der Waals surface area (Å²) in [5, 5.41) is 14.0. The topological polar surface area (TPSA) is 77.0 Å². The first-order valence-electron chi connectivity index (χ1n) is 10.3. The third-order valence-corrected chi connectivity index (χ3v) is 6.25. The van der Waals surface area contributed by atoms with Crippen LogP contribution in [0, 0.1) is 6.92 Å². The molecule has 0 saturated heterocycles. The Morgan fingerprint density at radius 2 is 1.75 bits per heavy atom. The maximum atomic E-state index is 11.9. The molecule has 1 aromatic rings. The number of fused-ring (bicyclic) bond motifs is 1. The second-order valence-electron chi connectivity index (χ2n) is 6.11. The molecule has 6 nitrogen and oxygen atoms in total. The summed E-state index contributed by atoms with van der Waals surface area (Å²) in [4.78, 5) is 11.9. The van der Waals surface area contributed by atoms with Gasteiger partial charge in [0.05, 0.1) is 13.2 Å². The van der Waals surface area contributed by atoms with Crippen LogP contribution in [0.15, 0.2) is 0 Å². The first-order valence-corrected chi connectivity index (χ1v) is 11.7. The fourth-order valence-electron chi connectivity index (χ4n) is 3.35. The summed E-state index contributed by atoms with van der Waals surface area (Å²) < 4.78 is 16.3. The summed E-state index contributed by atoms with van der Waals surface area (Å²) in [6.45, 7) is 15.1. The standard InChI is InChI=1S/C19H30NO5P.C2H6/c1-5-14-13(4)16-12-23-19(22)17(16)18(21)15(14)8-9-20-10-11-26(24-6-2)25-7-3;1-2/h20-21H,5-12H2,1-4H3;1-2H3. The van der Waals surface area contributed by atoms with Crippen LogP contribution in [0.2, 0.25) is 0 Å². The molecule has 28 heavy (non-hydrogen) atoms. The maximum absolute atomic E-state index is 11.9. The number of carbonyl (C=O) groups excluding carboxylic acids is 1. The van der Waals surface area contributed by atoms with Crippen molar-refractivity contribution in [3.05, 3.63) is 27.8 Å². The van der Waals surface area contributed by atoms with Gasteiger partial charge in [0.2, 0.25) is 0 Å². The van der Waals surface area contributed by atoms with Gasteiger partial charge in [0.25, 0.3) is 0 Å². The highest BCUT2D eigenvalue weighted by atomic mass is 31.2. The molecule has 2 rings (SSSR count). The SMILES string of the molecule is CC.CCOP(CCNCCc1c(O)c2c(c(C)c1CC)COC2=O)OCC. The molecule has 1 aromatic carbocycles. The summed E-state index contributed by atoms with van der Waals surface area (Å²) in [7, 11) is -0.835. The number of cyclic esters (lactones) is 1. The quantitative estimate of drug-likeness (QED) is 0.317. The van der Waals surface area contributed by atoms with E-state index >= 15 is 0 Å². The molecule has 0 bridgehead atoms. The molecule has 0 spiro atoms. The predicted octanol–water partition coefficient (Wildman–Crippen LogP) is 4.48. The molecule has 0 aromatic heterocycles. The van der Waals surface area contributed by atoms with Crippen molar-refractivity contribution in [2.24, 2.45) is 0 Å². The van der Waals surface area contributed by atoms with E-state index in [0.717, 1.165) is 47.9 Å². The van der Waals surface area contributed by atoms with Gasteiger partial charge in [-0.15, -0.1) is 0 Å². The van der Waals surface area contributed by atoms with E-state index in [2.05, 4.69) is 12.2 Å². The molecule has 0 saturated carbocycles. The highest BCUT2D eigenvalue weighted by Crippen LogP contribution is 2.38. The molecular weight excluding hydrogens is 377 g/mol. The van der Waals surface area contributed by atoms with Crippen molar-refractivity contribution < 1.29 is 23.7 Å². The van der Waals surface area contributed by atoms with Crippen LogP contribution >= 0.6 is 8.38 Å². The zero-order chi connectivity index (χ0) is 21.1. The Morgan fingerprint density at radius 3 is 2.32 bits per heavy atom. The Bertz CT molecular complexity index is 630. The van der Waals surface area contributed by atoms with Crippen LogP contribution in [0.1, 0.15) is 67.2 Å². The fraction of sp³-hybridized carbons (Fsp3) is 0.667. The number of esters is 1. The van der Waals surface area contributed by atoms with Crippen LogP contribution in [0.4, 0.5) is 0 Å². The maximum Gasteiger partial charge on any atom is 0.342 e. The molecule has 7 heteroatoms. The molecule has 1 aliphatic heterocycles. The summed E-state index contributed by atoms with van der Waals surface area (Å²) in [5.74, 6) is -0.325. The lowest BCUT2D eigenvalue weighted by atomic mass is 9.89. The van der Waals surface area contributed by atoms with Crippen LogP contribution < -0.4 is 5.32 Å². The zero-order valence-corrected chi connectivity index (χ0v) is 19.1. The van der Waals surface area contributed by atoms with Gasteiger partial charge in [-0.05, 0) is 56.8 Å². The average molecular weight is 413 g/mol. The van der Waals surface area contributed by atoms with Crippen LogP contribution in [-0.4, -0.2) is 43.5 Å². The van der Waals surface area contributed by atoms with E-state index in [0.29, 0.717) is 25.2 Å². The van der Waals surface area contributed by atoms with Gasteiger partial charge in [0.1, 0.15) is 17.9 Å². The highest BCUT2D eigenvalue weighted by Gasteiger charge is 2.30. The number of ether oxygens (including phenoxy) is 1. The van der Waals surface area contributed by atoms with Gasteiger partial charge >= 0.3 is 5.97 Å². The van der Waals surface area contributed by atoms with E-state index in [-0.39, 0.29) is 12.4 Å². The number of aromatic hydroxyl groups is 1. The summed E-state index contributed by atoms with van der Waals surface area (Å²) >= 11 is 0. The molecule has 0 radical (unpaired) electrons. The normalized spacial score (nSPS) is 12.6. The molecule has 2 N–H and O–H groups in total. The van der Waals surface area contributed by atoms with Gasteiger partial charge in [-0.1, -0.05) is 20.8 Å². The Morgan fingerprint density at radius 1 is 1.11 bits per heavy atom. The van der Waals surface area contributed by atoms with Crippen molar-refractivity contribution in [3.8, 4) is 5.75 Å². The van der Waals surface area contributed by atoms with Crippen molar-refractivity contribution in [3.63, 3.8) is 0 Å². The second kappa shape index (κ2) is 13.1. The van der Waals surface area contributed by atoms with Gasteiger partial charge in [-0.25, -0.2) is 4.79 Å². The minimum absolute atomic E-state index is 0.0950. The highest BCUT2D eigenvalue weighted by molar-refractivity contribution is 7.47. The minimum atomic E-state index is -0.835. The van der Waals surface area contributed by atoms with E-state index in [1.54, 1.807) is 0 Å². The van der Waals surface area contributed by atoms with Crippen LogP contribution in [-0.2, 0) is 33.2 Å². The lowest BCUT2D eigenvalue weighted by Crippen LogP contribution is -2.22. The van der Waals surface area contributed by atoms with Crippen LogP contribution in [0.25, 0.3) is 0 Å². The second-order valence-corrected chi connectivity index (χ2v) is 7.73. The van der Waals surface area contributed by atoms with E-state index in [1.807, 2.05) is 34.6 Å². The van der Waals surface area contributed by atoms with E-state index in [9.17, 15) is 9.90 Å². The van der Waals surface area contributed by atoms with Gasteiger partial charge < -0.3 is 24.2 Å². The Hall–Kier alpha value is -1.20. The number of phenolic OH excluding ortho intramolecular Hbond substituents is 1. The van der Waals surface area contributed by atoms with E-state index in [1.165, 1.54) is 0 Å². The van der Waals surface area contributed by atoms with E-state index < -0.39 is 14.3 Å². The molecule has 1 aliphatic rings.